The highest BCUT2D eigenvalue weighted by Crippen LogP contribution is 2.45. The molecule has 0 aromatic rings. The molecule has 0 aliphatic carbocycles. The molecule has 0 rings (SSSR count). The van der Waals surface area contributed by atoms with Crippen molar-refractivity contribution in [3.8, 4) is 0 Å². The van der Waals surface area contributed by atoms with Gasteiger partial charge in [-0.3, -0.25) is 32.5 Å². The van der Waals surface area contributed by atoms with Crippen LogP contribution in [0.3, 0.4) is 0 Å². The Balaban J connectivity index is 4.53. The molecule has 0 spiro atoms. The van der Waals surface area contributed by atoms with Gasteiger partial charge in [-0.1, -0.05) is 296 Å². The Hall–Kier alpha value is -4.05. The number of carbonyl (C=O) groups is 3. The summed E-state index contributed by atoms with van der Waals surface area (Å²) in [6.45, 7) is 2.55. The van der Waals surface area contributed by atoms with Gasteiger partial charge in [-0.25, -0.2) is 9.13 Å². The summed E-state index contributed by atoms with van der Waals surface area (Å²) >= 11 is 0. The van der Waals surface area contributed by atoms with Gasteiger partial charge in [0, 0.05) is 19.3 Å². The minimum Gasteiger partial charge on any atom is -0.463 e. The van der Waals surface area contributed by atoms with Crippen molar-refractivity contribution in [2.75, 3.05) is 39.6 Å². The SMILES string of the molecule is CCC/C=C\C/C=C\CCCCCCCC(=O)OC(COC(=O)CCCCCCCCCCC/C=C\C/C=C\C/C=C\C/C=C\CCCCC)COP(=O)(O)OCC(O)COP(=O)(O)OCC(O)COC(=O)CCCCCCCCCCCCC/C=C\C/C=C\C/C=C\C/C=C\CCCCC. The van der Waals surface area contributed by atoms with Gasteiger partial charge in [0.15, 0.2) is 6.10 Å². The second-order valence-corrected chi connectivity index (χ2v) is 29.4. The Labute approximate surface area is 614 Å². The lowest BCUT2D eigenvalue weighted by Gasteiger charge is -2.21. The van der Waals surface area contributed by atoms with Crippen molar-refractivity contribution >= 4 is 33.6 Å². The van der Waals surface area contributed by atoms with Crippen molar-refractivity contribution in [2.24, 2.45) is 0 Å². The zero-order valence-corrected chi connectivity index (χ0v) is 65.3. The van der Waals surface area contributed by atoms with Crippen molar-refractivity contribution in [1.29, 1.82) is 0 Å². The summed E-state index contributed by atoms with van der Waals surface area (Å²) in [5.74, 6) is -1.60. The van der Waals surface area contributed by atoms with Crippen LogP contribution in [0.15, 0.2) is 122 Å². The van der Waals surface area contributed by atoms with E-state index in [4.69, 9.17) is 32.3 Å². The molecule has 0 radical (unpaired) electrons. The predicted octanol–water partition coefficient (Wildman–Crippen LogP) is 23.3. The average molecular weight is 1460 g/mol. The minimum atomic E-state index is -4.94. The van der Waals surface area contributed by atoms with Crippen molar-refractivity contribution < 1.29 is 75.8 Å². The van der Waals surface area contributed by atoms with E-state index in [2.05, 4.69) is 142 Å². The highest BCUT2D eigenvalue weighted by atomic mass is 31.2. The van der Waals surface area contributed by atoms with Crippen molar-refractivity contribution in [3.05, 3.63) is 122 Å². The molecule has 5 atom stereocenters. The van der Waals surface area contributed by atoms with Crippen LogP contribution in [0.1, 0.15) is 329 Å². The van der Waals surface area contributed by atoms with Crippen LogP contribution in [0.2, 0.25) is 0 Å². The first-order valence-electron chi connectivity index (χ1n) is 39.8. The second kappa shape index (κ2) is 75.6. The van der Waals surface area contributed by atoms with E-state index in [1.54, 1.807) is 0 Å². The van der Waals surface area contributed by atoms with Gasteiger partial charge < -0.3 is 34.2 Å². The molecule has 582 valence electrons. The van der Waals surface area contributed by atoms with Gasteiger partial charge >= 0.3 is 33.6 Å². The third kappa shape index (κ3) is 76.9. The van der Waals surface area contributed by atoms with E-state index in [-0.39, 0.29) is 19.3 Å². The van der Waals surface area contributed by atoms with E-state index < -0.39 is 91.5 Å². The summed E-state index contributed by atoms with van der Waals surface area (Å²) in [6, 6.07) is 0. The fourth-order valence-corrected chi connectivity index (χ4v) is 12.1. The number of aliphatic hydroxyl groups excluding tert-OH is 2. The minimum absolute atomic E-state index is 0.0851. The first kappa shape index (κ1) is 97.0. The molecular formula is C83H144O16P2. The van der Waals surface area contributed by atoms with Crippen molar-refractivity contribution in [3.63, 3.8) is 0 Å². The van der Waals surface area contributed by atoms with E-state index in [9.17, 15) is 43.5 Å². The number of carbonyl (C=O) groups excluding carboxylic acids is 3. The number of phosphoric acid groups is 2. The molecule has 0 bridgehead atoms. The number of phosphoric ester groups is 2. The largest absolute Gasteiger partial charge is 0.472 e. The molecule has 5 unspecified atom stereocenters. The molecule has 0 saturated carbocycles. The highest BCUT2D eigenvalue weighted by molar-refractivity contribution is 7.47. The van der Waals surface area contributed by atoms with Crippen LogP contribution in [0.5, 0.6) is 0 Å². The summed E-state index contributed by atoms with van der Waals surface area (Å²) in [7, 11) is -9.79. The van der Waals surface area contributed by atoms with Gasteiger partial charge in [0.1, 0.15) is 25.4 Å². The number of unbranched alkanes of at least 4 members (excludes halogenated alkanes) is 32. The molecule has 0 saturated heterocycles. The Morgan fingerprint density at radius 3 is 0.822 bits per heavy atom. The van der Waals surface area contributed by atoms with Crippen LogP contribution >= 0.6 is 15.6 Å². The van der Waals surface area contributed by atoms with Crippen LogP contribution in [-0.2, 0) is 55.8 Å². The van der Waals surface area contributed by atoms with E-state index in [0.29, 0.717) is 19.3 Å². The summed E-state index contributed by atoms with van der Waals surface area (Å²) in [6.07, 6.45) is 89.6. The standard InChI is InChI=1S/C83H144O16P2/c1-4-7-10-13-16-19-22-25-27-29-31-33-35-37-38-40-42-43-45-47-49-52-54-57-60-63-66-69-81(86)93-72-78(84)73-95-100(89,90)96-74-79(85)75-97-101(91,92)98-77-80(99-83(88)71-68-65-62-59-56-51-24-21-18-15-12-9-6-3)76-94-82(87)70-67-64-61-58-55-53-50-48-46-44-41-39-36-34-32-30-28-26-23-20-17-14-11-8-5-2/h12,15-17,19-21,24-28,31-34,37-39,41,78-80,84-85H,4-11,13-14,18,22-23,29-30,35-36,40,42-77H2,1-3H3,(H,89,90)(H,91,92)/b15-12-,19-16-,20-17-,24-21-,27-25-,28-26-,33-31-,34-32-,38-37-,41-39-. The normalized spacial score (nSPS) is 14.6. The topological polar surface area (TPSA) is 231 Å². The fraction of sp³-hybridized carbons (Fsp3) is 0.723. The fourth-order valence-electron chi connectivity index (χ4n) is 10.5. The molecule has 0 aromatic heterocycles. The maximum atomic E-state index is 12.9. The lowest BCUT2D eigenvalue weighted by Crippen LogP contribution is -2.30. The Kier molecular flexibility index (Phi) is 72.6. The average Bonchev–Trinajstić information content (AvgIpc) is 0.962. The van der Waals surface area contributed by atoms with Crippen LogP contribution in [0.25, 0.3) is 0 Å². The monoisotopic (exact) mass is 1460 g/mol. The lowest BCUT2D eigenvalue weighted by molar-refractivity contribution is -0.161. The van der Waals surface area contributed by atoms with E-state index >= 15 is 0 Å². The van der Waals surface area contributed by atoms with E-state index in [1.165, 1.54) is 122 Å². The molecule has 0 aliphatic rings. The molecule has 0 aliphatic heterocycles. The molecule has 0 aromatic carbocycles. The quantitative estimate of drug-likeness (QED) is 0.0146. The van der Waals surface area contributed by atoms with Gasteiger partial charge in [0.05, 0.1) is 26.4 Å². The summed E-state index contributed by atoms with van der Waals surface area (Å²) in [4.78, 5) is 58.6. The van der Waals surface area contributed by atoms with Crippen LogP contribution in [0.4, 0.5) is 0 Å². The number of hydrogen-bond donors (Lipinski definition) is 4. The third-order valence-electron chi connectivity index (χ3n) is 16.6. The Bertz CT molecular complexity index is 2320. The molecule has 101 heavy (non-hydrogen) atoms. The van der Waals surface area contributed by atoms with Crippen LogP contribution in [0, 0.1) is 0 Å². The van der Waals surface area contributed by atoms with Crippen molar-refractivity contribution in [1.82, 2.24) is 0 Å². The number of esters is 3. The highest BCUT2D eigenvalue weighted by Gasteiger charge is 2.29. The number of aliphatic hydroxyl groups is 2. The smallest absolute Gasteiger partial charge is 0.463 e. The van der Waals surface area contributed by atoms with Crippen LogP contribution in [-0.4, -0.2) is 95.9 Å². The first-order valence-corrected chi connectivity index (χ1v) is 42.8. The molecule has 16 nitrogen and oxygen atoms in total. The van der Waals surface area contributed by atoms with Gasteiger partial charge in [0.2, 0.25) is 0 Å². The first-order chi connectivity index (χ1) is 49.2. The van der Waals surface area contributed by atoms with Gasteiger partial charge in [-0.15, -0.1) is 0 Å². The molecular weight excluding hydrogens is 1310 g/mol. The molecule has 0 amide bonds. The molecule has 4 N–H and O–H groups in total. The summed E-state index contributed by atoms with van der Waals surface area (Å²) < 4.78 is 61.1. The Morgan fingerprint density at radius 1 is 0.277 bits per heavy atom. The third-order valence-corrected chi connectivity index (χ3v) is 18.5. The number of allylic oxidation sites excluding steroid dienone is 20. The molecule has 0 heterocycles. The molecule has 0 fully saturated rings. The van der Waals surface area contributed by atoms with E-state index in [0.717, 1.165) is 148 Å². The molecule has 18 heteroatoms. The van der Waals surface area contributed by atoms with Gasteiger partial charge in [-0.2, -0.15) is 0 Å². The number of ether oxygens (including phenoxy) is 3. The summed E-state index contributed by atoms with van der Waals surface area (Å²) in [5, 5.41) is 20.6. The van der Waals surface area contributed by atoms with Crippen LogP contribution < -0.4 is 0 Å². The predicted molar refractivity (Wildman–Crippen MR) is 417 cm³/mol. The maximum absolute atomic E-state index is 12.9. The second-order valence-electron chi connectivity index (χ2n) is 26.5. The van der Waals surface area contributed by atoms with Crippen molar-refractivity contribution in [2.45, 2.75) is 347 Å². The van der Waals surface area contributed by atoms with Gasteiger partial charge in [-0.05, 0) is 135 Å². The van der Waals surface area contributed by atoms with E-state index in [1.807, 2.05) is 0 Å². The lowest BCUT2D eigenvalue weighted by atomic mass is 10.0. The number of hydrogen-bond acceptors (Lipinski definition) is 14. The maximum Gasteiger partial charge on any atom is 0.472 e. The number of rotatable bonds is 75. The summed E-state index contributed by atoms with van der Waals surface area (Å²) in [5.41, 5.74) is 0. The zero-order chi connectivity index (χ0) is 73.7. The zero-order valence-electron chi connectivity index (χ0n) is 63.5. The Morgan fingerprint density at radius 2 is 0.515 bits per heavy atom. The van der Waals surface area contributed by atoms with Gasteiger partial charge in [0.25, 0.3) is 0 Å².